The Morgan fingerprint density at radius 3 is 2.21 bits per heavy atom. The van der Waals surface area contributed by atoms with Crippen molar-refractivity contribution in [2.75, 3.05) is 11.4 Å². The first-order chi connectivity index (χ1) is 8.63. The third-order valence-electron chi connectivity index (χ3n) is 2.77. The number of hydrogen-bond donors (Lipinski definition) is 1. The normalized spacial score (nSPS) is 13.7. The molecule has 2 nitrogen and oxygen atoms in total. The van der Waals surface area contributed by atoms with Crippen LogP contribution in [0.15, 0.2) is 18.2 Å². The molecule has 0 heterocycles. The summed E-state index contributed by atoms with van der Waals surface area (Å²) in [5.74, 6) is -0.687. The summed E-state index contributed by atoms with van der Waals surface area (Å²) >= 11 is 0. The van der Waals surface area contributed by atoms with E-state index in [-0.39, 0.29) is 5.69 Å². The number of rotatable bonds is 4. The SMILES string of the molecule is CC(N)c1cccc(F)c1N(CC(F)(F)F)C(C)C. The molecular weight excluding hydrogens is 260 g/mol. The molecule has 0 radical (unpaired) electrons. The number of nitrogens with two attached hydrogens (primary N) is 1. The van der Waals surface area contributed by atoms with E-state index >= 15 is 0 Å². The second-order valence-corrected chi connectivity index (χ2v) is 4.80. The summed E-state index contributed by atoms with van der Waals surface area (Å²) in [5.41, 5.74) is 6.02. The van der Waals surface area contributed by atoms with Crippen LogP contribution in [0.3, 0.4) is 0 Å². The highest BCUT2D eigenvalue weighted by molar-refractivity contribution is 5.57. The van der Waals surface area contributed by atoms with Gasteiger partial charge < -0.3 is 10.6 Å². The van der Waals surface area contributed by atoms with Gasteiger partial charge in [-0.25, -0.2) is 4.39 Å². The minimum atomic E-state index is -4.40. The Morgan fingerprint density at radius 2 is 1.79 bits per heavy atom. The first-order valence-corrected chi connectivity index (χ1v) is 6.01. The second-order valence-electron chi connectivity index (χ2n) is 4.80. The molecule has 1 aromatic carbocycles. The lowest BCUT2D eigenvalue weighted by molar-refractivity contribution is -0.120. The molecule has 0 saturated heterocycles. The highest BCUT2D eigenvalue weighted by Crippen LogP contribution is 2.32. The van der Waals surface area contributed by atoms with Gasteiger partial charge in [-0.1, -0.05) is 12.1 Å². The van der Waals surface area contributed by atoms with Gasteiger partial charge in [-0.15, -0.1) is 0 Å². The molecule has 1 unspecified atom stereocenters. The van der Waals surface area contributed by atoms with Crippen molar-refractivity contribution in [1.29, 1.82) is 0 Å². The van der Waals surface area contributed by atoms with Crippen LogP contribution in [0.4, 0.5) is 23.2 Å². The Morgan fingerprint density at radius 1 is 1.21 bits per heavy atom. The van der Waals surface area contributed by atoms with Gasteiger partial charge in [0.2, 0.25) is 0 Å². The van der Waals surface area contributed by atoms with Crippen LogP contribution in [-0.4, -0.2) is 18.8 Å². The highest BCUT2D eigenvalue weighted by Gasteiger charge is 2.34. The predicted molar refractivity (Wildman–Crippen MR) is 67.5 cm³/mol. The summed E-state index contributed by atoms with van der Waals surface area (Å²) < 4.78 is 51.8. The number of benzene rings is 1. The summed E-state index contributed by atoms with van der Waals surface area (Å²) in [6.07, 6.45) is -4.40. The van der Waals surface area contributed by atoms with Gasteiger partial charge in [0.05, 0.1) is 5.69 Å². The molecule has 1 atom stereocenters. The molecule has 0 aromatic heterocycles. The van der Waals surface area contributed by atoms with E-state index in [4.69, 9.17) is 5.73 Å². The van der Waals surface area contributed by atoms with Gasteiger partial charge in [-0.3, -0.25) is 0 Å². The Kier molecular flexibility index (Phi) is 4.79. The van der Waals surface area contributed by atoms with Crippen LogP contribution in [0.1, 0.15) is 32.4 Å². The van der Waals surface area contributed by atoms with Gasteiger partial charge in [0.1, 0.15) is 12.4 Å². The topological polar surface area (TPSA) is 29.3 Å². The van der Waals surface area contributed by atoms with Crippen molar-refractivity contribution in [3.8, 4) is 0 Å². The van der Waals surface area contributed by atoms with Crippen LogP contribution in [0.25, 0.3) is 0 Å². The Bertz CT molecular complexity index is 427. The minimum Gasteiger partial charge on any atom is -0.357 e. The molecule has 19 heavy (non-hydrogen) atoms. The zero-order valence-corrected chi connectivity index (χ0v) is 11.1. The van der Waals surface area contributed by atoms with Gasteiger partial charge in [0.15, 0.2) is 0 Å². The van der Waals surface area contributed by atoms with E-state index in [1.807, 2.05) is 0 Å². The van der Waals surface area contributed by atoms with E-state index in [2.05, 4.69) is 0 Å². The molecule has 0 saturated carbocycles. The summed E-state index contributed by atoms with van der Waals surface area (Å²) in [5, 5.41) is 0. The number of alkyl halides is 3. The van der Waals surface area contributed by atoms with Crippen LogP contribution in [0.2, 0.25) is 0 Å². The molecule has 0 bridgehead atoms. The van der Waals surface area contributed by atoms with Crippen LogP contribution in [0.5, 0.6) is 0 Å². The number of hydrogen-bond acceptors (Lipinski definition) is 2. The summed E-state index contributed by atoms with van der Waals surface area (Å²) in [4.78, 5) is 0.994. The molecule has 0 aliphatic rings. The minimum absolute atomic E-state index is 0.0650. The highest BCUT2D eigenvalue weighted by atomic mass is 19.4. The van der Waals surface area contributed by atoms with Crippen molar-refractivity contribution >= 4 is 5.69 Å². The van der Waals surface area contributed by atoms with Crippen LogP contribution >= 0.6 is 0 Å². The summed E-state index contributed by atoms with van der Waals surface area (Å²) in [6, 6.07) is 3.11. The zero-order valence-electron chi connectivity index (χ0n) is 11.1. The second kappa shape index (κ2) is 5.77. The number of para-hydroxylation sites is 1. The largest absolute Gasteiger partial charge is 0.405 e. The molecule has 1 aromatic rings. The molecule has 6 heteroatoms. The smallest absolute Gasteiger partial charge is 0.357 e. The van der Waals surface area contributed by atoms with Gasteiger partial charge in [0, 0.05) is 12.1 Å². The molecule has 108 valence electrons. The van der Waals surface area contributed by atoms with E-state index in [1.54, 1.807) is 26.8 Å². The molecular formula is C13H18F4N2. The fourth-order valence-electron chi connectivity index (χ4n) is 1.92. The van der Waals surface area contributed by atoms with Crippen LogP contribution < -0.4 is 10.6 Å². The Balaban J connectivity index is 3.30. The Labute approximate surface area is 110 Å². The first kappa shape index (κ1) is 15.8. The monoisotopic (exact) mass is 278 g/mol. The van der Waals surface area contributed by atoms with E-state index in [1.165, 1.54) is 6.07 Å². The molecule has 1 rings (SSSR count). The Hall–Kier alpha value is -1.30. The lowest BCUT2D eigenvalue weighted by Crippen LogP contribution is -2.40. The number of nitrogens with zero attached hydrogens (tertiary/aromatic N) is 1. The fourth-order valence-corrected chi connectivity index (χ4v) is 1.92. The van der Waals surface area contributed by atoms with Gasteiger partial charge in [-0.2, -0.15) is 13.2 Å². The van der Waals surface area contributed by atoms with Crippen LogP contribution in [-0.2, 0) is 0 Å². The van der Waals surface area contributed by atoms with E-state index in [0.717, 1.165) is 11.0 Å². The van der Waals surface area contributed by atoms with Crippen molar-refractivity contribution in [2.24, 2.45) is 5.73 Å². The van der Waals surface area contributed by atoms with E-state index in [9.17, 15) is 17.6 Å². The van der Waals surface area contributed by atoms with E-state index in [0.29, 0.717) is 5.56 Å². The van der Waals surface area contributed by atoms with Gasteiger partial charge in [-0.05, 0) is 32.4 Å². The maximum atomic E-state index is 13.9. The van der Waals surface area contributed by atoms with Crippen molar-refractivity contribution < 1.29 is 17.6 Å². The van der Waals surface area contributed by atoms with Crippen molar-refractivity contribution in [2.45, 2.75) is 39.0 Å². The van der Waals surface area contributed by atoms with Crippen molar-refractivity contribution in [3.05, 3.63) is 29.6 Å². The van der Waals surface area contributed by atoms with Crippen LogP contribution in [0, 0.1) is 5.82 Å². The average molecular weight is 278 g/mol. The van der Waals surface area contributed by atoms with Crippen molar-refractivity contribution in [1.82, 2.24) is 0 Å². The molecule has 0 fully saturated rings. The molecule has 2 N–H and O–H groups in total. The third kappa shape index (κ3) is 4.09. The third-order valence-corrected chi connectivity index (χ3v) is 2.77. The van der Waals surface area contributed by atoms with Gasteiger partial charge in [0.25, 0.3) is 0 Å². The van der Waals surface area contributed by atoms with E-state index < -0.39 is 30.6 Å². The number of anilines is 1. The fraction of sp³-hybridized carbons (Fsp3) is 0.538. The summed E-state index contributed by atoms with van der Waals surface area (Å²) in [6.45, 7) is 3.59. The lowest BCUT2D eigenvalue weighted by Gasteiger charge is -2.32. The summed E-state index contributed by atoms with van der Waals surface area (Å²) in [7, 11) is 0. The van der Waals surface area contributed by atoms with Gasteiger partial charge >= 0.3 is 6.18 Å². The average Bonchev–Trinajstić information content (AvgIpc) is 2.24. The predicted octanol–water partition coefficient (Wildman–Crippen LogP) is 3.62. The number of halogens is 4. The quantitative estimate of drug-likeness (QED) is 0.852. The van der Waals surface area contributed by atoms with Crippen molar-refractivity contribution in [3.63, 3.8) is 0 Å². The standard InChI is InChI=1S/C13H18F4N2/c1-8(2)19(7-13(15,16)17)12-10(9(3)18)5-4-6-11(12)14/h4-6,8-9H,7,18H2,1-3H3. The molecule has 0 amide bonds. The maximum absolute atomic E-state index is 13.9. The molecule has 0 spiro atoms. The lowest BCUT2D eigenvalue weighted by atomic mass is 10.0. The maximum Gasteiger partial charge on any atom is 0.405 e. The first-order valence-electron chi connectivity index (χ1n) is 6.01. The molecule has 0 aliphatic heterocycles. The zero-order chi connectivity index (χ0) is 14.8. The molecule has 0 aliphatic carbocycles.